The first-order valence-electron chi connectivity index (χ1n) is 6.59. The lowest BCUT2D eigenvalue weighted by molar-refractivity contribution is -0.144. The van der Waals surface area contributed by atoms with Crippen LogP contribution in [0.4, 0.5) is 0 Å². The first kappa shape index (κ1) is 14.5. The second-order valence-corrected chi connectivity index (χ2v) is 6.37. The number of ketones is 1. The average Bonchev–Trinajstić information content (AvgIpc) is 2.39. The topological polar surface area (TPSA) is 54.4 Å². The van der Waals surface area contributed by atoms with Crippen molar-refractivity contribution < 1.29 is 14.7 Å². The van der Waals surface area contributed by atoms with E-state index in [1.807, 2.05) is 24.3 Å². The Bertz CT molecular complexity index is 467. The van der Waals surface area contributed by atoms with Crippen molar-refractivity contribution in [1.29, 1.82) is 0 Å². The van der Waals surface area contributed by atoms with Crippen LogP contribution in [0.15, 0.2) is 24.3 Å². The van der Waals surface area contributed by atoms with Gasteiger partial charge in [-0.15, -0.1) is 0 Å². The quantitative estimate of drug-likeness (QED) is 0.647. The van der Waals surface area contributed by atoms with E-state index in [2.05, 4.69) is 22.6 Å². The highest BCUT2D eigenvalue weighted by Gasteiger charge is 2.32. The summed E-state index contributed by atoms with van der Waals surface area (Å²) in [6.07, 6.45) is 3.92. The summed E-state index contributed by atoms with van der Waals surface area (Å²) in [4.78, 5) is 23.4. The summed E-state index contributed by atoms with van der Waals surface area (Å²) in [7, 11) is 0. The highest BCUT2D eigenvalue weighted by molar-refractivity contribution is 14.1. The van der Waals surface area contributed by atoms with Crippen molar-refractivity contribution in [2.75, 3.05) is 0 Å². The van der Waals surface area contributed by atoms with Gasteiger partial charge in [0, 0.05) is 15.6 Å². The molecular weight excluding hydrogens is 355 g/mol. The molecule has 0 saturated heterocycles. The van der Waals surface area contributed by atoms with Crippen molar-refractivity contribution in [3.8, 4) is 0 Å². The number of carboxylic acid groups (broad SMARTS) is 1. The van der Waals surface area contributed by atoms with E-state index in [1.54, 1.807) is 0 Å². The molecule has 0 aliphatic heterocycles. The molecule has 19 heavy (non-hydrogen) atoms. The summed E-state index contributed by atoms with van der Waals surface area (Å²) in [6.45, 7) is 0. The van der Waals surface area contributed by atoms with Crippen LogP contribution in [0.3, 0.4) is 0 Å². The highest BCUT2D eigenvalue weighted by Crippen LogP contribution is 2.33. The molecule has 3 nitrogen and oxygen atoms in total. The molecule has 0 radical (unpaired) electrons. The number of benzene rings is 1. The Kier molecular flexibility index (Phi) is 4.96. The fraction of sp³-hybridized carbons (Fsp3) is 0.467. The number of halogens is 1. The van der Waals surface area contributed by atoms with Crippen LogP contribution in [-0.2, 0) is 4.79 Å². The lowest BCUT2D eigenvalue weighted by atomic mass is 9.76. The maximum Gasteiger partial charge on any atom is 0.306 e. The van der Waals surface area contributed by atoms with Crippen molar-refractivity contribution in [3.05, 3.63) is 33.4 Å². The van der Waals surface area contributed by atoms with E-state index in [0.29, 0.717) is 18.4 Å². The molecule has 1 aromatic rings. The summed E-state index contributed by atoms with van der Waals surface area (Å²) in [5.41, 5.74) is 0.690. The van der Waals surface area contributed by atoms with E-state index in [4.69, 9.17) is 0 Å². The standard InChI is InChI=1S/C15H17IO3/c16-12-7-5-10(6-8-12)14(17)9-11-3-1-2-4-13(11)15(18)19/h5-8,11,13H,1-4,9H2,(H,18,19)/t11-,13+/m1/s1. The van der Waals surface area contributed by atoms with Gasteiger partial charge in [-0.1, -0.05) is 25.0 Å². The SMILES string of the molecule is O=C(C[C@H]1CCCC[C@@H]1C(=O)O)c1ccc(I)cc1. The van der Waals surface area contributed by atoms with Crippen molar-refractivity contribution in [2.45, 2.75) is 32.1 Å². The van der Waals surface area contributed by atoms with Crippen LogP contribution in [-0.4, -0.2) is 16.9 Å². The van der Waals surface area contributed by atoms with E-state index in [0.717, 1.165) is 22.8 Å². The van der Waals surface area contributed by atoms with Gasteiger partial charge in [-0.05, 0) is 53.5 Å². The van der Waals surface area contributed by atoms with Crippen LogP contribution >= 0.6 is 22.6 Å². The van der Waals surface area contributed by atoms with Crippen LogP contribution < -0.4 is 0 Å². The number of aliphatic carboxylic acids is 1. The van der Waals surface area contributed by atoms with Crippen LogP contribution in [0.1, 0.15) is 42.5 Å². The van der Waals surface area contributed by atoms with Crippen LogP contribution in [0, 0.1) is 15.4 Å². The predicted molar refractivity (Wildman–Crippen MR) is 81.2 cm³/mol. The van der Waals surface area contributed by atoms with E-state index in [9.17, 15) is 14.7 Å². The first-order chi connectivity index (χ1) is 9.08. The summed E-state index contributed by atoms with van der Waals surface area (Å²) >= 11 is 2.20. The number of hydrogen-bond acceptors (Lipinski definition) is 2. The molecule has 0 bridgehead atoms. The minimum Gasteiger partial charge on any atom is -0.481 e. The molecule has 2 rings (SSSR count). The zero-order chi connectivity index (χ0) is 13.8. The molecule has 102 valence electrons. The Labute approximate surface area is 126 Å². The molecule has 1 aliphatic carbocycles. The van der Waals surface area contributed by atoms with E-state index in [-0.39, 0.29) is 17.6 Å². The summed E-state index contributed by atoms with van der Waals surface area (Å²) in [5.74, 6) is -1.03. The van der Waals surface area contributed by atoms with Crippen molar-refractivity contribution >= 4 is 34.3 Å². The van der Waals surface area contributed by atoms with Crippen molar-refractivity contribution in [2.24, 2.45) is 11.8 Å². The number of rotatable bonds is 4. The Balaban J connectivity index is 2.04. The predicted octanol–water partition coefficient (Wildman–Crippen LogP) is 3.76. The van der Waals surface area contributed by atoms with Crippen LogP contribution in [0.25, 0.3) is 0 Å². The third kappa shape index (κ3) is 3.78. The fourth-order valence-corrected chi connectivity index (χ4v) is 3.13. The molecule has 0 heterocycles. The molecule has 1 saturated carbocycles. The van der Waals surface area contributed by atoms with Gasteiger partial charge >= 0.3 is 5.97 Å². The number of carbonyl (C=O) groups excluding carboxylic acids is 1. The lowest BCUT2D eigenvalue weighted by Crippen LogP contribution is -2.28. The third-order valence-electron chi connectivity index (χ3n) is 3.84. The highest BCUT2D eigenvalue weighted by atomic mass is 127. The van der Waals surface area contributed by atoms with Gasteiger partial charge in [-0.2, -0.15) is 0 Å². The minimum absolute atomic E-state index is 0.00183. The second-order valence-electron chi connectivity index (χ2n) is 5.12. The monoisotopic (exact) mass is 372 g/mol. The van der Waals surface area contributed by atoms with E-state index in [1.165, 1.54) is 0 Å². The lowest BCUT2D eigenvalue weighted by Gasteiger charge is -2.27. The zero-order valence-electron chi connectivity index (χ0n) is 10.6. The summed E-state index contributed by atoms with van der Waals surface area (Å²) in [6, 6.07) is 7.46. The molecule has 0 spiro atoms. The minimum atomic E-state index is -0.750. The summed E-state index contributed by atoms with van der Waals surface area (Å²) in [5, 5.41) is 9.22. The van der Waals surface area contributed by atoms with E-state index < -0.39 is 5.97 Å². The van der Waals surface area contributed by atoms with E-state index >= 15 is 0 Å². The maximum absolute atomic E-state index is 12.2. The molecule has 4 heteroatoms. The Morgan fingerprint density at radius 3 is 2.42 bits per heavy atom. The molecule has 1 aromatic carbocycles. The number of carboxylic acids is 1. The van der Waals surface area contributed by atoms with Gasteiger partial charge in [0.05, 0.1) is 5.92 Å². The third-order valence-corrected chi connectivity index (χ3v) is 4.56. The normalized spacial score (nSPS) is 23.0. The molecular formula is C15H17IO3. The zero-order valence-corrected chi connectivity index (χ0v) is 12.8. The molecule has 0 amide bonds. The van der Waals surface area contributed by atoms with Crippen LogP contribution in [0.2, 0.25) is 0 Å². The number of carbonyl (C=O) groups is 2. The average molecular weight is 372 g/mol. The van der Waals surface area contributed by atoms with Gasteiger partial charge in [0.15, 0.2) is 5.78 Å². The van der Waals surface area contributed by atoms with Gasteiger partial charge in [0.2, 0.25) is 0 Å². The van der Waals surface area contributed by atoms with Gasteiger partial charge in [-0.25, -0.2) is 0 Å². The van der Waals surface area contributed by atoms with Gasteiger partial charge in [0.1, 0.15) is 0 Å². The molecule has 1 aliphatic rings. The molecule has 0 aromatic heterocycles. The summed E-state index contributed by atoms with van der Waals surface area (Å²) < 4.78 is 1.09. The van der Waals surface area contributed by atoms with Crippen molar-refractivity contribution in [1.82, 2.24) is 0 Å². The van der Waals surface area contributed by atoms with Gasteiger partial charge in [0.25, 0.3) is 0 Å². The maximum atomic E-state index is 12.2. The number of Topliss-reactive ketones (excluding diaryl/α,β-unsaturated/α-hetero) is 1. The van der Waals surface area contributed by atoms with Crippen molar-refractivity contribution in [3.63, 3.8) is 0 Å². The fourth-order valence-electron chi connectivity index (χ4n) is 2.77. The molecule has 2 atom stereocenters. The van der Waals surface area contributed by atoms with Gasteiger partial charge in [-0.3, -0.25) is 9.59 Å². The first-order valence-corrected chi connectivity index (χ1v) is 7.67. The second kappa shape index (κ2) is 6.50. The van der Waals surface area contributed by atoms with Gasteiger partial charge < -0.3 is 5.11 Å². The Hall–Kier alpha value is -0.910. The largest absolute Gasteiger partial charge is 0.481 e. The molecule has 0 unspecified atom stereocenters. The Morgan fingerprint density at radius 2 is 1.79 bits per heavy atom. The molecule has 1 N–H and O–H groups in total. The molecule has 1 fully saturated rings. The smallest absolute Gasteiger partial charge is 0.306 e. The number of hydrogen-bond donors (Lipinski definition) is 1. The Morgan fingerprint density at radius 1 is 1.16 bits per heavy atom. The van der Waals surface area contributed by atoms with Crippen LogP contribution in [0.5, 0.6) is 0 Å².